The van der Waals surface area contributed by atoms with Crippen LogP contribution in [0.4, 0.5) is 5.82 Å². The summed E-state index contributed by atoms with van der Waals surface area (Å²) >= 11 is 6.08. The number of nitrogen functional groups attached to an aromatic ring is 1. The highest BCUT2D eigenvalue weighted by atomic mass is 35.5. The highest BCUT2D eigenvalue weighted by molar-refractivity contribution is 6.33. The largest absolute Gasteiger partial charge is 0.383 e. The summed E-state index contributed by atoms with van der Waals surface area (Å²) < 4.78 is 1.82. The Morgan fingerprint density at radius 1 is 1.50 bits per heavy atom. The van der Waals surface area contributed by atoms with Crippen molar-refractivity contribution in [3.05, 3.63) is 29.0 Å². The van der Waals surface area contributed by atoms with E-state index in [9.17, 15) is 0 Å². The minimum atomic E-state index is 0.429. The van der Waals surface area contributed by atoms with Gasteiger partial charge in [-0.25, -0.2) is 4.98 Å². The molecule has 0 atom stereocenters. The van der Waals surface area contributed by atoms with Crippen molar-refractivity contribution in [3.63, 3.8) is 0 Å². The molecule has 0 spiro atoms. The van der Waals surface area contributed by atoms with Crippen LogP contribution >= 0.6 is 11.6 Å². The SMILES string of the molecule is CC(C)c1cc(Cl)c2ncc(N)n2c1. The van der Waals surface area contributed by atoms with Crippen molar-refractivity contribution in [2.45, 2.75) is 19.8 Å². The summed E-state index contributed by atoms with van der Waals surface area (Å²) in [4.78, 5) is 4.12. The number of nitrogens with two attached hydrogens (primary N) is 1. The number of imidazole rings is 1. The highest BCUT2D eigenvalue weighted by Gasteiger charge is 2.08. The first-order valence-electron chi connectivity index (χ1n) is 4.51. The Labute approximate surface area is 87.5 Å². The fourth-order valence-corrected chi connectivity index (χ4v) is 1.67. The molecule has 0 unspecified atom stereocenters. The van der Waals surface area contributed by atoms with Crippen molar-refractivity contribution in [2.24, 2.45) is 0 Å². The van der Waals surface area contributed by atoms with Crippen LogP contribution in [0.1, 0.15) is 25.3 Å². The molecule has 4 heteroatoms. The molecular weight excluding hydrogens is 198 g/mol. The maximum Gasteiger partial charge on any atom is 0.157 e. The fourth-order valence-electron chi connectivity index (χ4n) is 1.40. The first-order chi connectivity index (χ1) is 6.59. The van der Waals surface area contributed by atoms with E-state index in [1.165, 1.54) is 0 Å². The van der Waals surface area contributed by atoms with E-state index in [4.69, 9.17) is 17.3 Å². The summed E-state index contributed by atoms with van der Waals surface area (Å²) in [6.07, 6.45) is 3.60. The smallest absolute Gasteiger partial charge is 0.157 e. The second kappa shape index (κ2) is 3.17. The number of rotatable bonds is 1. The van der Waals surface area contributed by atoms with Gasteiger partial charge < -0.3 is 5.73 Å². The molecule has 0 aliphatic rings. The van der Waals surface area contributed by atoms with Crippen molar-refractivity contribution >= 4 is 23.1 Å². The van der Waals surface area contributed by atoms with Gasteiger partial charge in [-0.05, 0) is 17.5 Å². The lowest BCUT2D eigenvalue weighted by Crippen LogP contribution is -1.97. The topological polar surface area (TPSA) is 43.3 Å². The molecule has 2 aromatic heterocycles. The number of pyridine rings is 1. The molecule has 0 aromatic carbocycles. The van der Waals surface area contributed by atoms with Crippen molar-refractivity contribution in [2.75, 3.05) is 5.73 Å². The molecule has 2 rings (SSSR count). The van der Waals surface area contributed by atoms with Crippen LogP contribution in [0.5, 0.6) is 0 Å². The lowest BCUT2D eigenvalue weighted by Gasteiger charge is -2.07. The summed E-state index contributed by atoms with van der Waals surface area (Å²) in [5.41, 5.74) is 7.63. The van der Waals surface area contributed by atoms with Gasteiger partial charge in [0.25, 0.3) is 0 Å². The van der Waals surface area contributed by atoms with E-state index in [-0.39, 0.29) is 0 Å². The Morgan fingerprint density at radius 3 is 2.86 bits per heavy atom. The van der Waals surface area contributed by atoms with Crippen LogP contribution in [-0.2, 0) is 0 Å². The van der Waals surface area contributed by atoms with Gasteiger partial charge in [-0.2, -0.15) is 0 Å². The van der Waals surface area contributed by atoms with Gasteiger partial charge in [0.1, 0.15) is 5.82 Å². The first-order valence-corrected chi connectivity index (χ1v) is 4.89. The third-order valence-corrected chi connectivity index (χ3v) is 2.56. The molecular formula is C10H12ClN3. The molecule has 0 saturated heterocycles. The molecule has 0 aliphatic carbocycles. The van der Waals surface area contributed by atoms with Crippen molar-refractivity contribution in [1.82, 2.24) is 9.38 Å². The Hall–Kier alpha value is -1.22. The Morgan fingerprint density at radius 2 is 2.21 bits per heavy atom. The number of aromatic nitrogens is 2. The second-order valence-corrected chi connectivity index (χ2v) is 4.06. The number of halogens is 1. The van der Waals surface area contributed by atoms with E-state index in [0.717, 1.165) is 5.56 Å². The molecule has 74 valence electrons. The number of nitrogens with zero attached hydrogens (tertiary/aromatic N) is 2. The molecule has 3 nitrogen and oxygen atoms in total. The zero-order chi connectivity index (χ0) is 10.3. The van der Waals surface area contributed by atoms with Crippen LogP contribution in [0.15, 0.2) is 18.5 Å². The maximum absolute atomic E-state index is 6.08. The van der Waals surface area contributed by atoms with Gasteiger partial charge >= 0.3 is 0 Å². The third-order valence-electron chi connectivity index (χ3n) is 2.28. The lowest BCUT2D eigenvalue weighted by molar-refractivity contribution is 0.854. The molecule has 0 bridgehead atoms. The van der Waals surface area contributed by atoms with Gasteiger partial charge in [0, 0.05) is 6.20 Å². The number of hydrogen-bond donors (Lipinski definition) is 1. The van der Waals surface area contributed by atoms with Crippen LogP contribution in [0, 0.1) is 0 Å². The van der Waals surface area contributed by atoms with Gasteiger partial charge in [-0.3, -0.25) is 4.40 Å². The molecule has 2 heterocycles. The van der Waals surface area contributed by atoms with Crippen LogP contribution in [0.2, 0.25) is 5.02 Å². The van der Waals surface area contributed by atoms with E-state index in [1.54, 1.807) is 6.20 Å². The average Bonchev–Trinajstić information content (AvgIpc) is 2.48. The van der Waals surface area contributed by atoms with Gasteiger partial charge in [-0.15, -0.1) is 0 Å². The van der Waals surface area contributed by atoms with Gasteiger partial charge in [-0.1, -0.05) is 25.4 Å². The summed E-state index contributed by atoms with van der Waals surface area (Å²) in [5.74, 6) is 1.04. The Bertz CT molecular complexity index is 473. The predicted molar refractivity (Wildman–Crippen MR) is 58.7 cm³/mol. The molecule has 0 amide bonds. The standard InChI is InChI=1S/C10H12ClN3/c1-6(2)7-3-8(11)10-13-4-9(12)14(10)5-7/h3-6H,12H2,1-2H3. The number of fused-ring (bicyclic) bond motifs is 1. The zero-order valence-electron chi connectivity index (χ0n) is 8.16. The van der Waals surface area contributed by atoms with Crippen LogP contribution < -0.4 is 5.73 Å². The molecule has 0 saturated carbocycles. The van der Waals surface area contributed by atoms with E-state index < -0.39 is 0 Å². The van der Waals surface area contributed by atoms with Crippen molar-refractivity contribution in [3.8, 4) is 0 Å². The van der Waals surface area contributed by atoms with Gasteiger partial charge in [0.15, 0.2) is 5.65 Å². The summed E-state index contributed by atoms with van der Waals surface area (Å²) in [5, 5.41) is 0.646. The van der Waals surface area contributed by atoms with Crippen LogP contribution in [0.3, 0.4) is 0 Å². The Balaban J connectivity index is 2.75. The van der Waals surface area contributed by atoms with Crippen molar-refractivity contribution in [1.29, 1.82) is 0 Å². The molecule has 0 fully saturated rings. The number of anilines is 1. The molecule has 0 aliphatic heterocycles. The fraction of sp³-hybridized carbons (Fsp3) is 0.300. The Kier molecular flexibility index (Phi) is 2.11. The lowest BCUT2D eigenvalue weighted by atomic mass is 10.1. The summed E-state index contributed by atoms with van der Waals surface area (Å²) in [6, 6.07) is 1.94. The zero-order valence-corrected chi connectivity index (χ0v) is 8.92. The van der Waals surface area contributed by atoms with Gasteiger partial charge in [0.2, 0.25) is 0 Å². The quantitative estimate of drug-likeness (QED) is 0.785. The predicted octanol–water partition coefficient (Wildman–Crippen LogP) is 2.69. The normalized spacial score (nSPS) is 11.4. The maximum atomic E-state index is 6.08. The minimum absolute atomic E-state index is 0.429. The van der Waals surface area contributed by atoms with E-state index in [0.29, 0.717) is 22.4 Å². The van der Waals surface area contributed by atoms with E-state index in [2.05, 4.69) is 18.8 Å². The summed E-state index contributed by atoms with van der Waals surface area (Å²) in [6.45, 7) is 4.23. The third kappa shape index (κ3) is 1.34. The molecule has 0 radical (unpaired) electrons. The second-order valence-electron chi connectivity index (χ2n) is 3.65. The monoisotopic (exact) mass is 209 g/mol. The van der Waals surface area contributed by atoms with E-state index >= 15 is 0 Å². The molecule has 2 aromatic rings. The average molecular weight is 210 g/mol. The van der Waals surface area contributed by atoms with Crippen LogP contribution in [0.25, 0.3) is 5.65 Å². The summed E-state index contributed by atoms with van der Waals surface area (Å²) in [7, 11) is 0. The van der Waals surface area contributed by atoms with Gasteiger partial charge in [0.05, 0.1) is 11.2 Å². The molecule has 2 N–H and O–H groups in total. The first kappa shape index (κ1) is 9.34. The van der Waals surface area contributed by atoms with Crippen molar-refractivity contribution < 1.29 is 0 Å². The number of hydrogen-bond acceptors (Lipinski definition) is 2. The van der Waals surface area contributed by atoms with E-state index in [1.807, 2.05) is 16.7 Å². The highest BCUT2D eigenvalue weighted by Crippen LogP contribution is 2.24. The van der Waals surface area contributed by atoms with Crippen LogP contribution in [-0.4, -0.2) is 9.38 Å². The molecule has 14 heavy (non-hydrogen) atoms. The minimum Gasteiger partial charge on any atom is -0.383 e.